The van der Waals surface area contributed by atoms with Crippen molar-refractivity contribution in [3.05, 3.63) is 30.3 Å². The Hall–Kier alpha value is -1.24. The van der Waals surface area contributed by atoms with E-state index >= 15 is 0 Å². The summed E-state index contributed by atoms with van der Waals surface area (Å²) in [5, 5.41) is 23.4. The molecular formula is C15H21FN2O2S. The number of halogens is 1. The van der Waals surface area contributed by atoms with Gasteiger partial charge in [-0.1, -0.05) is 25.1 Å². The van der Waals surface area contributed by atoms with Crippen molar-refractivity contribution in [1.29, 1.82) is 0 Å². The molecule has 1 aliphatic rings. The molecule has 6 heteroatoms. The fourth-order valence-electron chi connectivity index (χ4n) is 2.58. The first-order valence-corrected chi connectivity index (χ1v) is 7.55. The Morgan fingerprint density at radius 2 is 2.05 bits per heavy atom. The molecule has 2 rings (SSSR count). The van der Waals surface area contributed by atoms with Gasteiger partial charge in [0.25, 0.3) is 0 Å². The number of nitrogens with zero attached hydrogens (tertiary/aromatic N) is 1. The van der Waals surface area contributed by atoms with E-state index in [-0.39, 0.29) is 6.54 Å². The number of thiocarbonyl (C=S) groups is 1. The topological polar surface area (TPSA) is 55.7 Å². The van der Waals surface area contributed by atoms with Crippen molar-refractivity contribution in [2.45, 2.75) is 31.7 Å². The molecular weight excluding hydrogens is 291 g/mol. The number of alkyl halides is 1. The maximum Gasteiger partial charge on any atom is 0.173 e. The number of likely N-dealkylation sites (tertiary alicyclic amines) is 1. The van der Waals surface area contributed by atoms with Crippen LogP contribution in [0.3, 0.4) is 0 Å². The Bertz CT molecular complexity index is 474. The molecule has 0 spiro atoms. The highest BCUT2D eigenvalue weighted by Gasteiger charge is 2.39. The van der Waals surface area contributed by atoms with E-state index in [0.29, 0.717) is 18.1 Å². The number of para-hydroxylation sites is 1. The van der Waals surface area contributed by atoms with Crippen LogP contribution in [0.25, 0.3) is 0 Å². The second-order valence-electron chi connectivity index (χ2n) is 5.35. The second-order valence-corrected chi connectivity index (χ2v) is 5.73. The predicted molar refractivity (Wildman–Crippen MR) is 84.9 cm³/mol. The summed E-state index contributed by atoms with van der Waals surface area (Å²) in [7, 11) is 0. The molecule has 116 valence electrons. The zero-order chi connectivity index (χ0) is 15.4. The number of β-amino-alcohol motifs (C(OH)–C–C–N with tert-alkyl or cyclic N) is 1. The lowest BCUT2D eigenvalue weighted by molar-refractivity contribution is -0.0793. The molecule has 4 unspecified atom stereocenters. The lowest BCUT2D eigenvalue weighted by Crippen LogP contribution is -2.57. The van der Waals surface area contributed by atoms with Crippen molar-refractivity contribution in [1.82, 2.24) is 4.90 Å². The summed E-state index contributed by atoms with van der Waals surface area (Å²) in [5.41, 5.74) is 0.840. The van der Waals surface area contributed by atoms with Crippen LogP contribution in [-0.2, 0) is 0 Å². The molecule has 4 atom stereocenters. The molecule has 1 fully saturated rings. The monoisotopic (exact) mass is 312 g/mol. The van der Waals surface area contributed by atoms with Gasteiger partial charge in [-0.25, -0.2) is 4.39 Å². The maximum atomic E-state index is 13.9. The highest BCUT2D eigenvalue weighted by Crippen LogP contribution is 2.25. The summed E-state index contributed by atoms with van der Waals surface area (Å²) in [6.45, 7) is 2.22. The van der Waals surface area contributed by atoms with Crippen LogP contribution < -0.4 is 5.32 Å². The van der Waals surface area contributed by atoms with Crippen molar-refractivity contribution in [2.24, 2.45) is 5.92 Å². The first-order valence-electron chi connectivity index (χ1n) is 7.14. The van der Waals surface area contributed by atoms with E-state index in [4.69, 9.17) is 12.2 Å². The minimum Gasteiger partial charge on any atom is -0.390 e. The highest BCUT2D eigenvalue weighted by molar-refractivity contribution is 7.80. The molecule has 21 heavy (non-hydrogen) atoms. The van der Waals surface area contributed by atoms with E-state index in [9.17, 15) is 14.6 Å². The lowest BCUT2D eigenvalue weighted by Gasteiger charge is -2.41. The average molecular weight is 312 g/mol. The molecule has 0 aliphatic carbocycles. The van der Waals surface area contributed by atoms with E-state index < -0.39 is 24.3 Å². The summed E-state index contributed by atoms with van der Waals surface area (Å²) in [5.74, 6) is -0.630. The van der Waals surface area contributed by atoms with Crippen molar-refractivity contribution >= 4 is 23.0 Å². The van der Waals surface area contributed by atoms with E-state index in [0.717, 1.165) is 5.69 Å². The molecule has 0 radical (unpaired) electrons. The summed E-state index contributed by atoms with van der Waals surface area (Å²) >= 11 is 5.32. The van der Waals surface area contributed by atoms with Crippen LogP contribution in [0.1, 0.15) is 13.3 Å². The van der Waals surface area contributed by atoms with Gasteiger partial charge in [0.1, 0.15) is 6.17 Å². The van der Waals surface area contributed by atoms with E-state index in [1.165, 1.54) is 0 Å². The largest absolute Gasteiger partial charge is 0.390 e. The lowest BCUT2D eigenvalue weighted by atomic mass is 9.88. The zero-order valence-corrected chi connectivity index (χ0v) is 12.8. The number of anilines is 1. The molecule has 0 aromatic heterocycles. The van der Waals surface area contributed by atoms with Crippen LogP contribution >= 0.6 is 12.2 Å². The molecule has 1 heterocycles. The van der Waals surface area contributed by atoms with E-state index in [1.54, 1.807) is 11.8 Å². The first kappa shape index (κ1) is 16.1. The normalized spacial score (nSPS) is 27.2. The van der Waals surface area contributed by atoms with Crippen molar-refractivity contribution in [2.75, 3.05) is 18.4 Å². The fraction of sp³-hybridized carbons (Fsp3) is 0.533. The summed E-state index contributed by atoms with van der Waals surface area (Å²) in [6, 6.07) is 9.43. The Morgan fingerprint density at radius 3 is 2.67 bits per heavy atom. The van der Waals surface area contributed by atoms with Gasteiger partial charge in [0.15, 0.2) is 5.11 Å². The van der Waals surface area contributed by atoms with Crippen LogP contribution in [-0.4, -0.2) is 51.7 Å². The number of aliphatic hydroxyl groups excluding tert-OH is 2. The third-order valence-electron chi connectivity index (χ3n) is 3.84. The SMILES string of the molecule is CCC(F)C1CN(C(=S)Nc2ccccc2)CC(O)C1O. The molecule has 1 aromatic carbocycles. The van der Waals surface area contributed by atoms with Crippen LogP contribution in [0.2, 0.25) is 0 Å². The van der Waals surface area contributed by atoms with Gasteiger partial charge in [-0.05, 0) is 30.8 Å². The summed E-state index contributed by atoms with van der Waals surface area (Å²) in [6.07, 6.45) is -2.89. The van der Waals surface area contributed by atoms with Gasteiger partial charge in [0.2, 0.25) is 0 Å². The Kier molecular flexibility index (Phi) is 5.50. The quantitative estimate of drug-likeness (QED) is 0.743. The van der Waals surface area contributed by atoms with E-state index in [1.807, 2.05) is 30.3 Å². The predicted octanol–water partition coefficient (Wildman–Crippen LogP) is 1.79. The summed E-state index contributed by atoms with van der Waals surface area (Å²) in [4.78, 5) is 1.71. The van der Waals surface area contributed by atoms with Gasteiger partial charge in [-0.2, -0.15) is 0 Å². The maximum absolute atomic E-state index is 13.9. The second kappa shape index (κ2) is 7.15. The number of hydrogen-bond donors (Lipinski definition) is 3. The molecule has 1 aliphatic heterocycles. The Morgan fingerprint density at radius 1 is 1.38 bits per heavy atom. The number of hydrogen-bond acceptors (Lipinski definition) is 3. The van der Waals surface area contributed by atoms with Crippen molar-refractivity contribution < 1.29 is 14.6 Å². The zero-order valence-electron chi connectivity index (χ0n) is 11.9. The smallest absolute Gasteiger partial charge is 0.173 e. The minimum atomic E-state index is -1.16. The van der Waals surface area contributed by atoms with Gasteiger partial charge >= 0.3 is 0 Å². The number of nitrogens with one attached hydrogen (secondary N) is 1. The number of piperidine rings is 1. The average Bonchev–Trinajstić information content (AvgIpc) is 2.50. The number of benzene rings is 1. The molecule has 0 saturated carbocycles. The Labute approximate surface area is 129 Å². The fourth-order valence-corrected chi connectivity index (χ4v) is 2.84. The molecule has 3 N–H and O–H groups in total. The first-order chi connectivity index (χ1) is 10.0. The molecule has 0 bridgehead atoms. The number of aliphatic hydroxyl groups is 2. The van der Waals surface area contributed by atoms with Crippen molar-refractivity contribution in [3.8, 4) is 0 Å². The third kappa shape index (κ3) is 3.90. The van der Waals surface area contributed by atoms with Crippen LogP contribution in [0.15, 0.2) is 30.3 Å². The van der Waals surface area contributed by atoms with Gasteiger partial charge in [0, 0.05) is 24.7 Å². The van der Waals surface area contributed by atoms with Crippen molar-refractivity contribution in [3.63, 3.8) is 0 Å². The standard InChI is InChI=1S/C15H21FN2O2S/c1-2-12(16)11-8-18(9-13(19)14(11)20)15(21)17-10-6-4-3-5-7-10/h3-7,11-14,19-20H,2,8-9H2,1H3,(H,17,21). The van der Waals surface area contributed by atoms with Crippen LogP contribution in [0, 0.1) is 5.92 Å². The van der Waals surface area contributed by atoms with Gasteiger partial charge < -0.3 is 20.4 Å². The van der Waals surface area contributed by atoms with Gasteiger partial charge in [-0.3, -0.25) is 0 Å². The minimum absolute atomic E-state index is 0.201. The van der Waals surface area contributed by atoms with Crippen LogP contribution in [0.5, 0.6) is 0 Å². The molecule has 1 aromatic rings. The van der Waals surface area contributed by atoms with Crippen LogP contribution in [0.4, 0.5) is 10.1 Å². The molecule has 0 amide bonds. The summed E-state index contributed by atoms with van der Waals surface area (Å²) < 4.78 is 13.9. The number of rotatable bonds is 3. The highest BCUT2D eigenvalue weighted by atomic mass is 32.1. The molecule has 1 saturated heterocycles. The van der Waals surface area contributed by atoms with Gasteiger partial charge in [0.05, 0.1) is 12.2 Å². The van der Waals surface area contributed by atoms with E-state index in [2.05, 4.69) is 5.32 Å². The Balaban J connectivity index is 2.04. The molecule has 4 nitrogen and oxygen atoms in total. The third-order valence-corrected chi connectivity index (χ3v) is 4.20. The van der Waals surface area contributed by atoms with Gasteiger partial charge in [-0.15, -0.1) is 0 Å².